The molecule has 0 saturated heterocycles. The number of phenolic OH excluding ortho intramolecular Hbond substituents is 1. The maximum absolute atomic E-state index is 11.6. The van der Waals surface area contributed by atoms with Crippen molar-refractivity contribution in [2.75, 3.05) is 0 Å². The Morgan fingerprint density at radius 2 is 0.556 bits per heavy atom. The van der Waals surface area contributed by atoms with Crippen molar-refractivity contribution in [1.29, 1.82) is 0 Å². The van der Waals surface area contributed by atoms with Crippen LogP contribution in [0.15, 0.2) is 97.1 Å². The van der Waals surface area contributed by atoms with E-state index in [-0.39, 0.29) is 5.75 Å². The van der Waals surface area contributed by atoms with Crippen LogP contribution in [0.5, 0.6) is 46.0 Å². The fraction of sp³-hybridized carbons (Fsp3) is 0. The minimum Gasteiger partial charge on any atom is -0.540 e. The van der Waals surface area contributed by atoms with Gasteiger partial charge in [-0.2, -0.15) is 0 Å². The number of aromatic hydroxyl groups is 1. The molecule has 21 radical (unpaired) electrons. The zero-order valence-corrected chi connectivity index (χ0v) is 39.2. The molecule has 0 aliphatic carbocycles. The van der Waals surface area contributed by atoms with E-state index in [1.165, 1.54) is 0 Å². The van der Waals surface area contributed by atoms with Crippen LogP contribution in [0.1, 0.15) is 22.8 Å². The number of hydrogen-bond donors (Lipinski definition) is 3. The van der Waals surface area contributed by atoms with Crippen LogP contribution in [-0.4, -0.2) is 98.4 Å². The van der Waals surface area contributed by atoms with E-state index in [9.17, 15) is 5.11 Å². The first kappa shape index (κ1) is 41.7. The van der Waals surface area contributed by atoms with Gasteiger partial charge in [0.25, 0.3) is 0 Å². The van der Waals surface area contributed by atoms with E-state index < -0.39 is 0 Å². The average Bonchev–Trinajstić information content (AvgIpc) is 4.17. The van der Waals surface area contributed by atoms with Gasteiger partial charge < -0.3 is 46.1 Å². The van der Waals surface area contributed by atoms with Crippen molar-refractivity contribution in [3.05, 3.63) is 120 Å². The summed E-state index contributed by atoms with van der Waals surface area (Å²) < 4.78 is 40.3. The highest BCUT2D eigenvalue weighted by molar-refractivity contribution is 6.09. The van der Waals surface area contributed by atoms with Crippen LogP contribution in [0.4, 0.5) is 0 Å². The third kappa shape index (κ3) is 7.27. The Bertz CT molecular complexity index is 3070. The first-order valence-electron chi connectivity index (χ1n) is 18.6. The number of phenols is 1. The molecule has 2 aliphatic rings. The number of rotatable bonds is 11. The van der Waals surface area contributed by atoms with Crippen molar-refractivity contribution in [3.63, 3.8) is 0 Å². The predicted molar refractivity (Wildman–Crippen MR) is 247 cm³/mol. The van der Waals surface area contributed by atoms with Gasteiger partial charge in [0.1, 0.15) is 46.0 Å². The van der Waals surface area contributed by atoms with Gasteiger partial charge >= 0.3 is 73.4 Å². The summed E-state index contributed by atoms with van der Waals surface area (Å²) in [6, 6.07) is 28.8. The van der Waals surface area contributed by atoms with Crippen molar-refractivity contribution < 1.29 is 36.1 Å². The van der Waals surface area contributed by atoms with E-state index in [4.69, 9.17) is 40.9 Å². The molecule has 63 heavy (non-hydrogen) atoms. The molecule has 3 aromatic heterocycles. The molecule has 9 rings (SSSR count). The number of hydrogen-bond acceptors (Lipinski definition) is 10. The van der Waals surface area contributed by atoms with Gasteiger partial charge in [-0.1, -0.05) is 24.3 Å². The normalized spacial score (nSPS) is 11.7. The Balaban J connectivity index is 1.56. The molecule has 12 nitrogen and oxygen atoms in total. The molecule has 0 fully saturated rings. The number of fused-ring (bicyclic) bond motifs is 8. The lowest BCUT2D eigenvalue weighted by molar-refractivity contribution is 0.474. The lowest BCUT2D eigenvalue weighted by atomic mass is 10.0. The van der Waals surface area contributed by atoms with Gasteiger partial charge in [0.2, 0.25) is 0 Å². The molecule has 0 spiro atoms. The Morgan fingerprint density at radius 1 is 0.317 bits per heavy atom. The second-order valence-electron chi connectivity index (χ2n) is 13.8. The largest absolute Gasteiger partial charge is 0.540 e. The molecular formula is C44H23N4O8Si7. The van der Waals surface area contributed by atoms with Crippen molar-refractivity contribution in [2.45, 2.75) is 0 Å². The summed E-state index contributed by atoms with van der Waals surface area (Å²) in [5.74, 6) is 2.90. The molecule has 0 saturated carbocycles. The first-order valence-corrected chi connectivity index (χ1v) is 21.5. The molecule has 0 atom stereocenters. The number of nitrogens with zero attached hydrogens (tertiary/aromatic N) is 2. The van der Waals surface area contributed by atoms with E-state index in [1.807, 2.05) is 48.6 Å². The van der Waals surface area contributed by atoms with Crippen LogP contribution in [0.3, 0.4) is 0 Å². The van der Waals surface area contributed by atoms with Crippen LogP contribution in [0.25, 0.3) is 90.9 Å². The van der Waals surface area contributed by atoms with E-state index in [1.54, 1.807) is 72.8 Å². The summed E-state index contributed by atoms with van der Waals surface area (Å²) in [5, 5.41) is 11.6. The number of aromatic amines is 2. The number of H-pyrrole nitrogens is 2. The maximum Gasteiger partial charge on any atom is 0.341 e. The van der Waals surface area contributed by atoms with Gasteiger partial charge in [-0.3, -0.25) is 0 Å². The zero-order chi connectivity index (χ0) is 43.8. The molecule has 295 valence electrons. The zero-order valence-electron chi connectivity index (χ0n) is 32.2. The summed E-state index contributed by atoms with van der Waals surface area (Å²) in [4.78, 5) is 17.9. The van der Waals surface area contributed by atoms with E-state index in [2.05, 4.69) is 83.4 Å². The molecular weight excluding hydrogens is 909 g/mol. The molecule has 7 aromatic rings. The first-order chi connectivity index (χ1) is 30.8. The summed E-state index contributed by atoms with van der Waals surface area (Å²) in [6.07, 6.45) is 7.54. The van der Waals surface area contributed by atoms with E-state index in [0.29, 0.717) is 130 Å². The standard InChI is InChI=1S/C44H23N4O8Si7/c49-29-5-1-6-30(50-57)41(29)37-21-13-15-23(45-21)38(42-31(51-58)7-2-8-32(42)52-59)25-17-19-27(47-25)40(44-35(55-62)11-4-12-36(44)56-63)28-20-18-26(48-28)39(24-16-14-22(37)46-24)43-33(53-60)9-3-10-34(43)54-61/h1-20,45,48-49H. The second kappa shape index (κ2) is 17.6. The highest BCUT2D eigenvalue weighted by Gasteiger charge is 2.26. The molecule has 3 N–H and O–H groups in total. The molecule has 2 aliphatic heterocycles. The summed E-state index contributed by atoms with van der Waals surface area (Å²) in [5.41, 5.74) is 8.86. The number of aromatic nitrogens is 4. The molecule has 19 heteroatoms. The minimum atomic E-state index is -0.0528. The number of nitrogens with one attached hydrogen (secondary N) is 2. The topological polar surface area (TPSA) is 142 Å². The maximum atomic E-state index is 11.6. The Labute approximate surface area is 384 Å². The molecule has 0 amide bonds. The van der Waals surface area contributed by atoms with Crippen molar-refractivity contribution in [1.82, 2.24) is 19.9 Å². The van der Waals surface area contributed by atoms with Gasteiger partial charge in [0, 0.05) is 44.3 Å². The average molecular weight is 932 g/mol. The molecule has 8 bridgehead atoms. The van der Waals surface area contributed by atoms with E-state index in [0.717, 1.165) is 0 Å². The monoisotopic (exact) mass is 931 g/mol. The van der Waals surface area contributed by atoms with Crippen LogP contribution in [0, 0.1) is 0 Å². The van der Waals surface area contributed by atoms with Crippen molar-refractivity contribution in [2.24, 2.45) is 0 Å². The summed E-state index contributed by atoms with van der Waals surface area (Å²) in [7, 11) is 22.9. The minimum absolute atomic E-state index is 0.0528. The van der Waals surface area contributed by atoms with Gasteiger partial charge in [-0.15, -0.1) is 0 Å². The lowest BCUT2D eigenvalue weighted by Gasteiger charge is -2.16. The SMILES string of the molecule is Oc1cccc(O[Si])c1-c1c2nc(c(-c3c(O[Si])cccc3O[Si])c3ccc([nH]3)c(-c3c(O[Si])cccc3O[Si])c3nc(c(-c4c(O[Si])cccc4O[Si])c4ccc1[nH]4)C=C3)C=C2. The highest BCUT2D eigenvalue weighted by atomic mass is 28.2. The van der Waals surface area contributed by atoms with Crippen molar-refractivity contribution in [3.8, 4) is 90.5 Å². The molecule has 5 heterocycles. The van der Waals surface area contributed by atoms with Crippen LogP contribution in [-0.2, 0) is 0 Å². The fourth-order valence-corrected chi connectivity index (χ4v) is 9.09. The van der Waals surface area contributed by atoms with Crippen molar-refractivity contribution >= 4 is 120 Å². The molecule has 0 unspecified atom stereocenters. The van der Waals surface area contributed by atoms with Gasteiger partial charge in [0.15, 0.2) is 0 Å². The smallest absolute Gasteiger partial charge is 0.341 e. The Kier molecular flexibility index (Phi) is 11.7. The second-order valence-corrected chi connectivity index (χ2v) is 15.2. The molecule has 4 aromatic carbocycles. The Morgan fingerprint density at radius 3 is 0.825 bits per heavy atom. The predicted octanol–water partition coefficient (Wildman–Crippen LogP) is 7.27. The van der Waals surface area contributed by atoms with Gasteiger partial charge in [-0.05, 0) is 97.1 Å². The van der Waals surface area contributed by atoms with Crippen LogP contribution in [0.2, 0.25) is 0 Å². The lowest BCUT2D eigenvalue weighted by Crippen LogP contribution is -1.98. The van der Waals surface area contributed by atoms with E-state index >= 15 is 0 Å². The van der Waals surface area contributed by atoms with Crippen LogP contribution >= 0.6 is 0 Å². The summed E-state index contributed by atoms with van der Waals surface area (Å²) >= 11 is 0. The van der Waals surface area contributed by atoms with Gasteiger partial charge in [-0.25, -0.2) is 9.97 Å². The quantitative estimate of drug-likeness (QED) is 0.114. The third-order valence-electron chi connectivity index (χ3n) is 10.5. The fourth-order valence-electron chi connectivity index (χ4n) is 7.90. The summed E-state index contributed by atoms with van der Waals surface area (Å²) in [6.45, 7) is 0. The number of benzene rings is 4. The highest BCUT2D eigenvalue weighted by Crippen LogP contribution is 2.49. The Hall–Kier alpha value is -6.60. The third-order valence-corrected chi connectivity index (χ3v) is 12.0. The van der Waals surface area contributed by atoms with Gasteiger partial charge in [0.05, 0.1) is 45.0 Å². The van der Waals surface area contributed by atoms with Crippen LogP contribution < -0.4 is 31.0 Å².